The molecule has 0 aliphatic heterocycles. The van der Waals surface area contributed by atoms with Crippen molar-refractivity contribution in [3.63, 3.8) is 0 Å². The second kappa shape index (κ2) is 4.66. The van der Waals surface area contributed by atoms with Crippen LogP contribution in [0.25, 0.3) is 0 Å². The number of nitriles is 1. The summed E-state index contributed by atoms with van der Waals surface area (Å²) in [5.74, 6) is 0.436. The lowest BCUT2D eigenvalue weighted by molar-refractivity contribution is -0.113. The smallest absolute Gasteiger partial charge is 0.232 e. The van der Waals surface area contributed by atoms with Gasteiger partial charge in [-0.3, -0.25) is 4.79 Å². The fraction of sp³-hybridized carbons (Fsp3) is 0.600. The maximum atomic E-state index is 10.2. The summed E-state index contributed by atoms with van der Waals surface area (Å²) in [6, 6.07) is 1.55. The minimum Gasteiger partial charge on any atom is -0.283 e. The molecule has 0 amide bonds. The van der Waals surface area contributed by atoms with Gasteiger partial charge in [0.1, 0.15) is 6.07 Å². The molecule has 8 heavy (non-hydrogen) atoms. The monoisotopic (exact) mass is 129 g/mol. The molecule has 0 aromatic carbocycles. The van der Waals surface area contributed by atoms with Crippen molar-refractivity contribution in [1.82, 2.24) is 0 Å². The third-order valence-electron chi connectivity index (χ3n) is 0.658. The summed E-state index contributed by atoms with van der Waals surface area (Å²) in [6.07, 6.45) is 2.29. The van der Waals surface area contributed by atoms with Crippen LogP contribution in [0.5, 0.6) is 0 Å². The van der Waals surface area contributed by atoms with Crippen LogP contribution in [0, 0.1) is 11.3 Å². The number of carbonyl (C=O) groups is 1. The molecule has 0 bridgehead atoms. The van der Waals surface area contributed by atoms with Crippen molar-refractivity contribution in [2.45, 2.75) is 6.42 Å². The Balaban J connectivity index is 3.16. The lowest BCUT2D eigenvalue weighted by Crippen LogP contribution is -1.93. The predicted octanol–water partition coefficient (Wildman–Crippen LogP) is 0.832. The highest BCUT2D eigenvalue weighted by molar-refractivity contribution is 7.98. The molecule has 0 aliphatic rings. The zero-order valence-electron chi connectivity index (χ0n) is 4.68. The third kappa shape index (κ3) is 3.69. The molecule has 0 aromatic heterocycles. The normalized spacial score (nSPS) is 8.00. The van der Waals surface area contributed by atoms with E-state index in [9.17, 15) is 4.79 Å². The van der Waals surface area contributed by atoms with Gasteiger partial charge in [0, 0.05) is 12.2 Å². The van der Waals surface area contributed by atoms with Gasteiger partial charge in [0.25, 0.3) is 0 Å². The Morgan fingerprint density at radius 3 is 2.88 bits per heavy atom. The summed E-state index contributed by atoms with van der Waals surface area (Å²) < 4.78 is 0. The Bertz CT molecular complexity index is 116. The summed E-state index contributed by atoms with van der Waals surface area (Å²) >= 11 is 1.57. The van der Waals surface area contributed by atoms with E-state index in [0.29, 0.717) is 6.42 Å². The number of ketones is 1. The number of rotatable bonds is 3. The van der Waals surface area contributed by atoms with Crippen LogP contribution in [-0.4, -0.2) is 17.8 Å². The van der Waals surface area contributed by atoms with Crippen molar-refractivity contribution in [3.8, 4) is 6.07 Å². The molecule has 0 heterocycles. The van der Waals surface area contributed by atoms with Gasteiger partial charge in [-0.25, -0.2) is 0 Å². The average molecular weight is 129 g/mol. The van der Waals surface area contributed by atoms with Gasteiger partial charge < -0.3 is 0 Å². The van der Waals surface area contributed by atoms with Crippen molar-refractivity contribution in [1.29, 1.82) is 5.26 Å². The van der Waals surface area contributed by atoms with E-state index < -0.39 is 0 Å². The summed E-state index contributed by atoms with van der Waals surface area (Å²) in [7, 11) is 0. The average Bonchev–Trinajstić information content (AvgIpc) is 1.83. The predicted molar refractivity (Wildman–Crippen MR) is 33.6 cm³/mol. The molecule has 0 spiro atoms. The number of hydrogen-bond acceptors (Lipinski definition) is 3. The summed E-state index contributed by atoms with van der Waals surface area (Å²) in [6.45, 7) is 0. The molecule has 0 aliphatic carbocycles. The van der Waals surface area contributed by atoms with Gasteiger partial charge in [-0.1, -0.05) is 0 Å². The standard InChI is InChI=1S/C5H7NOS/c1-8-3-2-5(7)4-6/h2-3H2,1H3. The van der Waals surface area contributed by atoms with Gasteiger partial charge >= 0.3 is 0 Å². The molecular formula is C5H7NOS. The van der Waals surface area contributed by atoms with Crippen LogP contribution >= 0.6 is 11.8 Å². The van der Waals surface area contributed by atoms with E-state index >= 15 is 0 Å². The van der Waals surface area contributed by atoms with Gasteiger partial charge in [0.05, 0.1) is 0 Å². The molecule has 0 atom stereocenters. The fourth-order valence-electron chi connectivity index (χ4n) is 0.251. The topological polar surface area (TPSA) is 40.9 Å². The number of hydrogen-bond donors (Lipinski definition) is 0. The van der Waals surface area contributed by atoms with Crippen LogP contribution in [0.1, 0.15) is 6.42 Å². The van der Waals surface area contributed by atoms with E-state index in [2.05, 4.69) is 0 Å². The first kappa shape index (κ1) is 7.51. The summed E-state index contributed by atoms with van der Waals surface area (Å²) in [5.41, 5.74) is 0. The Morgan fingerprint density at radius 2 is 2.50 bits per heavy atom. The first-order valence-electron chi connectivity index (χ1n) is 2.23. The van der Waals surface area contributed by atoms with Crippen LogP contribution in [-0.2, 0) is 4.79 Å². The second-order valence-electron chi connectivity index (χ2n) is 1.28. The van der Waals surface area contributed by atoms with E-state index in [1.54, 1.807) is 17.8 Å². The van der Waals surface area contributed by atoms with Gasteiger partial charge in [-0.05, 0) is 6.26 Å². The molecule has 0 N–H and O–H groups in total. The highest BCUT2D eigenvalue weighted by Crippen LogP contribution is 1.94. The Hall–Kier alpha value is -0.490. The molecule has 0 fully saturated rings. The maximum absolute atomic E-state index is 10.2. The fourth-order valence-corrected chi connectivity index (χ4v) is 0.640. The van der Waals surface area contributed by atoms with E-state index in [4.69, 9.17) is 5.26 Å². The van der Waals surface area contributed by atoms with Gasteiger partial charge in [-0.2, -0.15) is 17.0 Å². The minimum absolute atomic E-state index is 0.320. The molecule has 0 rings (SSSR count). The first-order valence-corrected chi connectivity index (χ1v) is 3.62. The molecule has 0 saturated heterocycles. The SMILES string of the molecule is CSCCC(=O)C#N. The molecule has 2 nitrogen and oxygen atoms in total. The van der Waals surface area contributed by atoms with E-state index in [1.807, 2.05) is 6.26 Å². The van der Waals surface area contributed by atoms with Crippen molar-refractivity contribution in [2.75, 3.05) is 12.0 Å². The lowest BCUT2D eigenvalue weighted by atomic mass is 10.3. The zero-order valence-corrected chi connectivity index (χ0v) is 5.49. The lowest BCUT2D eigenvalue weighted by Gasteiger charge is -1.84. The number of Topliss-reactive ketones (excluding diaryl/α,β-unsaturated/α-hetero) is 1. The largest absolute Gasteiger partial charge is 0.283 e. The molecule has 44 valence electrons. The molecule has 0 unspecified atom stereocenters. The Morgan fingerprint density at radius 1 is 1.88 bits per heavy atom. The highest BCUT2D eigenvalue weighted by atomic mass is 32.2. The molecule has 0 radical (unpaired) electrons. The molecule has 3 heteroatoms. The van der Waals surface area contributed by atoms with Crippen LogP contribution in [0.4, 0.5) is 0 Å². The van der Waals surface area contributed by atoms with Crippen molar-refractivity contribution in [2.24, 2.45) is 0 Å². The number of nitrogens with zero attached hydrogens (tertiary/aromatic N) is 1. The summed E-state index contributed by atoms with van der Waals surface area (Å²) in [4.78, 5) is 10.2. The van der Waals surface area contributed by atoms with Gasteiger partial charge in [0.15, 0.2) is 0 Å². The van der Waals surface area contributed by atoms with Crippen LogP contribution in [0.15, 0.2) is 0 Å². The summed E-state index contributed by atoms with van der Waals surface area (Å²) in [5, 5.41) is 7.95. The van der Waals surface area contributed by atoms with Gasteiger partial charge in [-0.15, -0.1) is 0 Å². The van der Waals surface area contributed by atoms with Crippen LogP contribution in [0.3, 0.4) is 0 Å². The minimum atomic E-state index is -0.320. The van der Waals surface area contributed by atoms with E-state index in [0.717, 1.165) is 5.75 Å². The van der Waals surface area contributed by atoms with Crippen molar-refractivity contribution >= 4 is 17.5 Å². The Kier molecular flexibility index (Phi) is 4.38. The zero-order chi connectivity index (χ0) is 6.41. The quantitative estimate of drug-likeness (QED) is 0.530. The number of thioether (sulfide) groups is 1. The van der Waals surface area contributed by atoms with Crippen LogP contribution in [0.2, 0.25) is 0 Å². The number of carbonyl (C=O) groups excluding carboxylic acids is 1. The maximum Gasteiger partial charge on any atom is 0.232 e. The third-order valence-corrected chi connectivity index (χ3v) is 1.27. The molecule has 0 saturated carbocycles. The molecule has 0 aromatic rings. The highest BCUT2D eigenvalue weighted by Gasteiger charge is 1.94. The Labute approximate surface area is 52.9 Å². The van der Waals surface area contributed by atoms with E-state index in [1.165, 1.54) is 0 Å². The van der Waals surface area contributed by atoms with Crippen molar-refractivity contribution < 1.29 is 4.79 Å². The van der Waals surface area contributed by atoms with Crippen molar-refractivity contribution in [3.05, 3.63) is 0 Å². The van der Waals surface area contributed by atoms with Crippen LogP contribution < -0.4 is 0 Å². The molecular weight excluding hydrogens is 122 g/mol. The second-order valence-corrected chi connectivity index (χ2v) is 2.26. The first-order chi connectivity index (χ1) is 3.81. The van der Waals surface area contributed by atoms with Gasteiger partial charge in [0.2, 0.25) is 5.78 Å². The van der Waals surface area contributed by atoms with E-state index in [-0.39, 0.29) is 5.78 Å².